The van der Waals surface area contributed by atoms with Crippen LogP contribution in [0.15, 0.2) is 18.2 Å². The molecule has 0 radical (unpaired) electrons. The van der Waals surface area contributed by atoms with Gasteiger partial charge in [-0.1, -0.05) is 33.8 Å². The van der Waals surface area contributed by atoms with E-state index < -0.39 is 0 Å². The molecule has 0 saturated heterocycles. The van der Waals surface area contributed by atoms with Crippen LogP contribution in [0.2, 0.25) is 0 Å². The van der Waals surface area contributed by atoms with Gasteiger partial charge in [-0.25, -0.2) is 0 Å². The smallest absolute Gasteiger partial charge is 0.251 e. The van der Waals surface area contributed by atoms with Crippen LogP contribution < -0.4 is 11.1 Å². The Balaban J connectivity index is 2.02. The first-order valence-corrected chi connectivity index (χ1v) is 6.83. The SMILES string of the molecule is Cc1c(N)cccc1C(=O)NCC1C(C)(C)C1(C)C. The van der Waals surface area contributed by atoms with Crippen molar-refractivity contribution < 1.29 is 4.79 Å². The molecule has 1 saturated carbocycles. The lowest BCUT2D eigenvalue weighted by molar-refractivity contribution is 0.0949. The molecule has 19 heavy (non-hydrogen) atoms. The number of benzene rings is 1. The summed E-state index contributed by atoms with van der Waals surface area (Å²) in [5, 5.41) is 3.05. The van der Waals surface area contributed by atoms with Crippen LogP contribution in [-0.4, -0.2) is 12.5 Å². The van der Waals surface area contributed by atoms with Gasteiger partial charge in [-0.3, -0.25) is 4.79 Å². The van der Waals surface area contributed by atoms with E-state index >= 15 is 0 Å². The second-order valence-electron chi connectivity index (χ2n) is 6.73. The summed E-state index contributed by atoms with van der Waals surface area (Å²) in [7, 11) is 0. The largest absolute Gasteiger partial charge is 0.398 e. The third-order valence-electron chi connectivity index (χ3n) is 5.41. The molecule has 0 atom stereocenters. The summed E-state index contributed by atoms with van der Waals surface area (Å²) in [4.78, 5) is 12.2. The number of hydrogen-bond donors (Lipinski definition) is 2. The summed E-state index contributed by atoms with van der Waals surface area (Å²) in [5.74, 6) is 0.508. The average Bonchev–Trinajstić information content (AvgIpc) is 2.70. The molecule has 3 heteroatoms. The van der Waals surface area contributed by atoms with E-state index in [2.05, 4.69) is 33.0 Å². The Hall–Kier alpha value is -1.51. The number of rotatable bonds is 3. The van der Waals surface area contributed by atoms with Gasteiger partial charge < -0.3 is 11.1 Å². The van der Waals surface area contributed by atoms with Crippen LogP contribution in [0.4, 0.5) is 5.69 Å². The van der Waals surface area contributed by atoms with Crippen LogP contribution in [0.3, 0.4) is 0 Å². The number of carbonyl (C=O) groups excluding carboxylic acids is 1. The van der Waals surface area contributed by atoms with Gasteiger partial charge in [-0.05, 0) is 41.4 Å². The van der Waals surface area contributed by atoms with E-state index in [4.69, 9.17) is 5.73 Å². The van der Waals surface area contributed by atoms with E-state index in [1.54, 1.807) is 0 Å². The lowest BCUT2D eigenvalue weighted by atomic mass is 10.0. The molecule has 2 rings (SSSR count). The maximum Gasteiger partial charge on any atom is 0.251 e. The van der Waals surface area contributed by atoms with Gasteiger partial charge in [0.2, 0.25) is 0 Å². The molecule has 0 heterocycles. The third kappa shape index (κ3) is 2.11. The monoisotopic (exact) mass is 260 g/mol. The van der Waals surface area contributed by atoms with Crippen LogP contribution in [0, 0.1) is 23.7 Å². The zero-order valence-electron chi connectivity index (χ0n) is 12.5. The molecular formula is C16H24N2O. The fourth-order valence-corrected chi connectivity index (χ4v) is 3.03. The van der Waals surface area contributed by atoms with Gasteiger partial charge in [0.15, 0.2) is 0 Å². The van der Waals surface area contributed by atoms with Gasteiger partial charge >= 0.3 is 0 Å². The fraction of sp³-hybridized carbons (Fsp3) is 0.562. The van der Waals surface area contributed by atoms with Gasteiger partial charge in [-0.2, -0.15) is 0 Å². The number of hydrogen-bond acceptors (Lipinski definition) is 2. The first-order valence-electron chi connectivity index (χ1n) is 6.83. The molecule has 3 nitrogen and oxygen atoms in total. The summed E-state index contributed by atoms with van der Waals surface area (Å²) in [5.41, 5.74) is 8.63. The molecule has 0 aliphatic heterocycles. The van der Waals surface area contributed by atoms with Crippen LogP contribution in [0.1, 0.15) is 43.6 Å². The molecule has 1 amide bonds. The lowest BCUT2D eigenvalue weighted by Crippen LogP contribution is -2.27. The standard InChI is InChI=1S/C16H24N2O/c1-10-11(7-6-8-12(10)17)14(19)18-9-13-15(2,3)16(13,4)5/h6-8,13H,9,17H2,1-5H3,(H,18,19). The zero-order valence-corrected chi connectivity index (χ0v) is 12.5. The second-order valence-corrected chi connectivity index (χ2v) is 6.73. The van der Waals surface area contributed by atoms with E-state index in [-0.39, 0.29) is 5.91 Å². The second kappa shape index (κ2) is 4.26. The lowest BCUT2D eigenvalue weighted by Gasteiger charge is -2.10. The minimum absolute atomic E-state index is 0.0247. The molecule has 0 spiro atoms. The molecule has 0 unspecified atom stereocenters. The fourth-order valence-electron chi connectivity index (χ4n) is 3.03. The van der Waals surface area contributed by atoms with Crippen molar-refractivity contribution in [3.05, 3.63) is 29.3 Å². The molecule has 1 aromatic carbocycles. The van der Waals surface area contributed by atoms with Crippen LogP contribution >= 0.6 is 0 Å². The summed E-state index contributed by atoms with van der Waals surface area (Å²) in [6, 6.07) is 5.46. The zero-order chi connectivity index (χ0) is 14.4. The Labute approximate surface area is 115 Å². The molecule has 1 fully saturated rings. The highest BCUT2D eigenvalue weighted by atomic mass is 16.1. The number of nitrogens with two attached hydrogens (primary N) is 1. The Kier molecular flexibility index (Phi) is 3.12. The van der Waals surface area contributed by atoms with Crippen molar-refractivity contribution in [1.29, 1.82) is 0 Å². The predicted molar refractivity (Wildman–Crippen MR) is 79.0 cm³/mol. The minimum atomic E-state index is -0.0247. The van der Waals surface area contributed by atoms with Crippen molar-refractivity contribution >= 4 is 11.6 Å². The molecule has 1 aliphatic carbocycles. The number of carbonyl (C=O) groups is 1. The Morgan fingerprint density at radius 1 is 1.26 bits per heavy atom. The molecule has 0 bridgehead atoms. The highest BCUT2D eigenvalue weighted by molar-refractivity contribution is 5.96. The van der Waals surface area contributed by atoms with Crippen molar-refractivity contribution in [3.8, 4) is 0 Å². The first kappa shape index (κ1) is 13.9. The van der Waals surface area contributed by atoms with Gasteiger partial charge in [-0.15, -0.1) is 0 Å². The van der Waals surface area contributed by atoms with Crippen molar-refractivity contribution in [2.75, 3.05) is 12.3 Å². The highest BCUT2D eigenvalue weighted by Gasteiger charge is 2.64. The van der Waals surface area contributed by atoms with E-state index in [0.29, 0.717) is 28.0 Å². The molecule has 1 aromatic rings. The van der Waals surface area contributed by atoms with Crippen molar-refractivity contribution in [3.63, 3.8) is 0 Å². The maximum absolute atomic E-state index is 12.2. The van der Waals surface area contributed by atoms with E-state index in [9.17, 15) is 4.79 Å². The first-order chi connectivity index (χ1) is 8.69. The Bertz CT molecular complexity index is 503. The Morgan fingerprint density at radius 3 is 2.37 bits per heavy atom. The third-order valence-corrected chi connectivity index (χ3v) is 5.41. The molecule has 1 aliphatic rings. The van der Waals surface area contributed by atoms with Crippen LogP contribution in [0.25, 0.3) is 0 Å². The van der Waals surface area contributed by atoms with Crippen molar-refractivity contribution in [1.82, 2.24) is 5.32 Å². The number of nitrogens with one attached hydrogen (secondary N) is 1. The normalized spacial score (nSPS) is 20.1. The summed E-state index contributed by atoms with van der Waals surface area (Å²) in [6.45, 7) is 11.7. The van der Waals surface area contributed by atoms with E-state index in [0.717, 1.165) is 12.1 Å². The predicted octanol–water partition coefficient (Wildman–Crippen LogP) is 2.99. The quantitative estimate of drug-likeness (QED) is 0.821. The number of amides is 1. The average molecular weight is 260 g/mol. The highest BCUT2D eigenvalue weighted by Crippen LogP contribution is 2.67. The van der Waals surface area contributed by atoms with Crippen molar-refractivity contribution in [2.45, 2.75) is 34.6 Å². The van der Waals surface area contributed by atoms with E-state index in [1.807, 2.05) is 25.1 Å². The summed E-state index contributed by atoms with van der Waals surface area (Å²) in [6.07, 6.45) is 0. The van der Waals surface area contributed by atoms with Gasteiger partial charge in [0.25, 0.3) is 5.91 Å². The van der Waals surface area contributed by atoms with Crippen LogP contribution in [0.5, 0.6) is 0 Å². The number of anilines is 1. The molecular weight excluding hydrogens is 236 g/mol. The van der Waals surface area contributed by atoms with Gasteiger partial charge in [0.1, 0.15) is 0 Å². The maximum atomic E-state index is 12.2. The van der Waals surface area contributed by atoms with Crippen molar-refractivity contribution in [2.24, 2.45) is 16.7 Å². The van der Waals surface area contributed by atoms with E-state index in [1.165, 1.54) is 0 Å². The summed E-state index contributed by atoms with van der Waals surface area (Å²) >= 11 is 0. The Morgan fingerprint density at radius 2 is 1.84 bits per heavy atom. The van der Waals surface area contributed by atoms with Crippen LogP contribution in [-0.2, 0) is 0 Å². The topological polar surface area (TPSA) is 55.1 Å². The van der Waals surface area contributed by atoms with Gasteiger partial charge in [0, 0.05) is 17.8 Å². The summed E-state index contributed by atoms with van der Waals surface area (Å²) < 4.78 is 0. The molecule has 0 aromatic heterocycles. The number of nitrogen functional groups attached to an aromatic ring is 1. The minimum Gasteiger partial charge on any atom is -0.398 e. The van der Waals surface area contributed by atoms with Gasteiger partial charge in [0.05, 0.1) is 0 Å². The molecule has 3 N–H and O–H groups in total. The molecule has 104 valence electrons.